The molecule has 0 spiro atoms. The number of carbonyl (C=O) groups excluding carboxylic acids is 2. The average Bonchev–Trinajstić information content (AvgIpc) is 2.53. The second-order valence-corrected chi connectivity index (χ2v) is 6.88. The van der Waals surface area contributed by atoms with E-state index in [-0.39, 0.29) is 6.09 Å². The van der Waals surface area contributed by atoms with Gasteiger partial charge in [0.25, 0.3) is 0 Å². The third kappa shape index (κ3) is 4.68. The minimum absolute atomic E-state index is 0.243. The van der Waals surface area contributed by atoms with Gasteiger partial charge in [-0.25, -0.2) is 9.78 Å². The van der Waals surface area contributed by atoms with Crippen LogP contribution >= 0.6 is 0 Å². The number of nitrogens with zero attached hydrogens (tertiary/aromatic N) is 3. The molecule has 1 aromatic heterocycles. The first-order valence-electron chi connectivity index (χ1n) is 7.92. The Morgan fingerprint density at radius 1 is 1.35 bits per heavy atom. The SMILES string of the molecule is CN(c1ccc(C=O)cn1)C1CCN(C(=O)OC(C)(C)C)CC1. The lowest BCUT2D eigenvalue weighted by Crippen LogP contribution is -2.47. The molecule has 0 saturated carbocycles. The van der Waals surface area contributed by atoms with Crippen molar-refractivity contribution in [2.45, 2.75) is 45.3 Å². The molecule has 6 nitrogen and oxygen atoms in total. The van der Waals surface area contributed by atoms with Crippen molar-refractivity contribution in [3.05, 3.63) is 23.9 Å². The van der Waals surface area contributed by atoms with E-state index in [1.165, 1.54) is 0 Å². The van der Waals surface area contributed by atoms with Crippen molar-refractivity contribution < 1.29 is 14.3 Å². The smallest absolute Gasteiger partial charge is 0.410 e. The first kappa shape index (κ1) is 17.2. The quantitative estimate of drug-likeness (QED) is 0.802. The molecule has 0 bridgehead atoms. The maximum Gasteiger partial charge on any atom is 0.410 e. The molecule has 0 radical (unpaired) electrons. The molecule has 1 saturated heterocycles. The van der Waals surface area contributed by atoms with Crippen LogP contribution in [0.5, 0.6) is 0 Å². The summed E-state index contributed by atoms with van der Waals surface area (Å²) >= 11 is 0. The molecule has 0 unspecified atom stereocenters. The Morgan fingerprint density at radius 2 is 2.00 bits per heavy atom. The fourth-order valence-corrected chi connectivity index (χ4v) is 2.63. The van der Waals surface area contributed by atoms with Gasteiger partial charge in [-0.15, -0.1) is 0 Å². The highest BCUT2D eigenvalue weighted by molar-refractivity contribution is 5.74. The van der Waals surface area contributed by atoms with E-state index in [1.54, 1.807) is 17.2 Å². The molecule has 1 aliphatic rings. The van der Waals surface area contributed by atoms with Crippen LogP contribution in [0.2, 0.25) is 0 Å². The molecule has 6 heteroatoms. The van der Waals surface area contributed by atoms with Crippen LogP contribution in [-0.4, -0.2) is 54.0 Å². The maximum atomic E-state index is 12.1. The lowest BCUT2D eigenvalue weighted by molar-refractivity contribution is 0.0205. The maximum absolute atomic E-state index is 12.1. The molecular weight excluding hydrogens is 294 g/mol. The van der Waals surface area contributed by atoms with Crippen LogP contribution in [0.1, 0.15) is 44.0 Å². The summed E-state index contributed by atoms with van der Waals surface area (Å²) in [6.07, 6.45) is 3.86. The van der Waals surface area contributed by atoms with Gasteiger partial charge in [0, 0.05) is 37.9 Å². The van der Waals surface area contributed by atoms with E-state index in [0.717, 1.165) is 24.9 Å². The predicted molar refractivity (Wildman–Crippen MR) is 88.9 cm³/mol. The summed E-state index contributed by atoms with van der Waals surface area (Å²) in [6.45, 7) is 6.98. The lowest BCUT2D eigenvalue weighted by atomic mass is 10.0. The fourth-order valence-electron chi connectivity index (χ4n) is 2.63. The number of pyridine rings is 1. The number of hydrogen-bond donors (Lipinski definition) is 0. The van der Waals surface area contributed by atoms with Gasteiger partial charge in [0.2, 0.25) is 0 Å². The molecule has 23 heavy (non-hydrogen) atoms. The van der Waals surface area contributed by atoms with E-state index in [2.05, 4.69) is 9.88 Å². The summed E-state index contributed by atoms with van der Waals surface area (Å²) in [5.74, 6) is 0.839. The second kappa shape index (κ2) is 6.98. The standard InChI is InChI=1S/C17H25N3O3/c1-17(2,3)23-16(22)20-9-7-14(8-10-20)19(4)15-6-5-13(12-21)11-18-15/h5-6,11-12,14H,7-10H2,1-4H3. The van der Waals surface area contributed by atoms with Gasteiger partial charge in [0.05, 0.1) is 0 Å². The van der Waals surface area contributed by atoms with Gasteiger partial charge in [-0.3, -0.25) is 4.79 Å². The molecule has 0 N–H and O–H groups in total. The normalized spacial score (nSPS) is 16.1. The fraction of sp³-hybridized carbons (Fsp3) is 0.588. The lowest BCUT2D eigenvalue weighted by Gasteiger charge is -2.37. The molecule has 0 aromatic carbocycles. The molecule has 1 aromatic rings. The number of aromatic nitrogens is 1. The number of anilines is 1. The largest absolute Gasteiger partial charge is 0.444 e. The van der Waals surface area contributed by atoms with Crippen LogP contribution in [0.3, 0.4) is 0 Å². The van der Waals surface area contributed by atoms with Gasteiger partial charge in [-0.1, -0.05) is 0 Å². The van der Waals surface area contributed by atoms with Gasteiger partial charge in [-0.05, 0) is 45.7 Å². The van der Waals surface area contributed by atoms with E-state index in [4.69, 9.17) is 4.74 Å². The zero-order valence-electron chi connectivity index (χ0n) is 14.3. The highest BCUT2D eigenvalue weighted by atomic mass is 16.6. The minimum atomic E-state index is -0.463. The van der Waals surface area contributed by atoms with Crippen molar-refractivity contribution in [1.29, 1.82) is 0 Å². The zero-order chi connectivity index (χ0) is 17.0. The molecule has 2 rings (SSSR count). The van der Waals surface area contributed by atoms with Gasteiger partial charge in [-0.2, -0.15) is 0 Å². The molecule has 126 valence electrons. The highest BCUT2D eigenvalue weighted by Gasteiger charge is 2.28. The summed E-state index contributed by atoms with van der Waals surface area (Å²) in [6, 6.07) is 3.94. The Bertz CT molecular complexity index is 543. The molecule has 2 heterocycles. The van der Waals surface area contributed by atoms with E-state index < -0.39 is 5.60 Å². The number of carbonyl (C=O) groups is 2. The Hall–Kier alpha value is -2.11. The number of hydrogen-bond acceptors (Lipinski definition) is 5. The summed E-state index contributed by atoms with van der Waals surface area (Å²) in [5, 5.41) is 0. The van der Waals surface area contributed by atoms with Gasteiger partial charge < -0.3 is 14.5 Å². The first-order chi connectivity index (χ1) is 10.8. The van der Waals surface area contributed by atoms with E-state index >= 15 is 0 Å². The topological polar surface area (TPSA) is 62.7 Å². The summed E-state index contributed by atoms with van der Waals surface area (Å²) in [7, 11) is 2.00. The summed E-state index contributed by atoms with van der Waals surface area (Å²) in [5.41, 5.74) is 0.108. The van der Waals surface area contributed by atoms with Crippen molar-refractivity contribution in [3.63, 3.8) is 0 Å². The molecular formula is C17H25N3O3. The van der Waals surface area contributed by atoms with Crippen LogP contribution in [0.15, 0.2) is 18.3 Å². The number of piperidine rings is 1. The van der Waals surface area contributed by atoms with Crippen molar-refractivity contribution >= 4 is 18.2 Å². The second-order valence-electron chi connectivity index (χ2n) is 6.88. The summed E-state index contributed by atoms with van der Waals surface area (Å²) < 4.78 is 5.41. The molecule has 1 fully saturated rings. The zero-order valence-corrected chi connectivity index (χ0v) is 14.3. The van der Waals surface area contributed by atoms with E-state index in [0.29, 0.717) is 24.7 Å². The number of aldehydes is 1. The van der Waals surface area contributed by atoms with E-state index in [1.807, 2.05) is 33.9 Å². The summed E-state index contributed by atoms with van der Waals surface area (Å²) in [4.78, 5) is 31.0. The number of rotatable bonds is 3. The monoisotopic (exact) mass is 319 g/mol. The molecule has 1 amide bonds. The molecule has 0 atom stereocenters. The highest BCUT2D eigenvalue weighted by Crippen LogP contribution is 2.22. The van der Waals surface area contributed by atoms with Gasteiger partial charge in [0.15, 0.2) is 6.29 Å². The van der Waals surface area contributed by atoms with Crippen LogP contribution in [0, 0.1) is 0 Å². The Labute approximate surface area is 137 Å². The van der Waals surface area contributed by atoms with Crippen LogP contribution in [0.4, 0.5) is 10.6 Å². The van der Waals surface area contributed by atoms with Gasteiger partial charge in [0.1, 0.15) is 11.4 Å². The van der Waals surface area contributed by atoms with Crippen LogP contribution < -0.4 is 4.90 Å². The van der Waals surface area contributed by atoms with Crippen molar-refractivity contribution in [2.75, 3.05) is 25.0 Å². The number of ether oxygens (including phenoxy) is 1. The minimum Gasteiger partial charge on any atom is -0.444 e. The Balaban J connectivity index is 1.90. The van der Waals surface area contributed by atoms with E-state index in [9.17, 15) is 9.59 Å². The van der Waals surface area contributed by atoms with Crippen LogP contribution in [-0.2, 0) is 4.74 Å². The average molecular weight is 319 g/mol. The third-order valence-corrected chi connectivity index (χ3v) is 3.93. The number of amides is 1. The Kier molecular flexibility index (Phi) is 5.23. The van der Waals surface area contributed by atoms with Gasteiger partial charge >= 0.3 is 6.09 Å². The molecule has 1 aliphatic heterocycles. The van der Waals surface area contributed by atoms with Crippen molar-refractivity contribution in [2.24, 2.45) is 0 Å². The third-order valence-electron chi connectivity index (χ3n) is 3.93. The predicted octanol–water partition coefficient (Wildman–Crippen LogP) is 2.73. The first-order valence-corrected chi connectivity index (χ1v) is 7.92. The van der Waals surface area contributed by atoms with Crippen molar-refractivity contribution in [1.82, 2.24) is 9.88 Å². The molecule has 0 aliphatic carbocycles. The Morgan fingerprint density at radius 3 is 2.48 bits per heavy atom. The number of likely N-dealkylation sites (tertiary alicyclic amines) is 1. The van der Waals surface area contributed by atoms with Crippen LogP contribution in [0.25, 0.3) is 0 Å². The van der Waals surface area contributed by atoms with Crippen molar-refractivity contribution in [3.8, 4) is 0 Å².